The van der Waals surface area contributed by atoms with Crippen LogP contribution in [0.2, 0.25) is 0 Å². The van der Waals surface area contributed by atoms with Crippen LogP contribution in [-0.2, 0) is 42.2 Å². The first kappa shape index (κ1) is 78.9. The molecule has 0 rings (SSSR count). The highest BCUT2D eigenvalue weighted by atomic mass is 31.2. The third-order valence-corrected chi connectivity index (χ3v) is 15.5. The summed E-state index contributed by atoms with van der Waals surface area (Å²) >= 11 is 0. The molecule has 0 saturated carbocycles. The molecule has 0 heterocycles. The monoisotopic (exact) mass is 1170 g/mol. The van der Waals surface area contributed by atoms with Gasteiger partial charge < -0.3 is 24.2 Å². The summed E-state index contributed by atoms with van der Waals surface area (Å²) in [6, 6.07) is 0. The van der Waals surface area contributed by atoms with Crippen LogP contribution in [-0.4, -0.2) is 66.5 Å². The van der Waals surface area contributed by atoms with E-state index < -0.39 is 57.8 Å². The van der Waals surface area contributed by atoms with Gasteiger partial charge in [-0.25, -0.2) is 4.57 Å². The van der Waals surface area contributed by atoms with E-state index in [-0.39, 0.29) is 25.9 Å². The second kappa shape index (κ2) is 63.9. The maximum atomic E-state index is 13.0. The first-order chi connectivity index (χ1) is 40.2. The molecule has 0 aromatic rings. The number of phosphoric ester groups is 1. The maximum absolute atomic E-state index is 13.0. The van der Waals surface area contributed by atoms with Gasteiger partial charge in [0.2, 0.25) is 0 Å². The van der Waals surface area contributed by atoms with Crippen molar-refractivity contribution in [3.63, 3.8) is 0 Å². The zero-order valence-electron chi connectivity index (χ0n) is 53.0. The fourth-order valence-corrected chi connectivity index (χ4v) is 10.2. The van der Waals surface area contributed by atoms with Crippen molar-refractivity contribution in [3.8, 4) is 0 Å². The van der Waals surface area contributed by atoms with Crippen LogP contribution in [0.25, 0.3) is 0 Å². The van der Waals surface area contributed by atoms with Crippen LogP contribution in [0.15, 0.2) is 72.9 Å². The molecule has 2 N–H and O–H groups in total. The van der Waals surface area contributed by atoms with E-state index in [4.69, 9.17) is 23.3 Å². The minimum atomic E-state index is -4.76. The van der Waals surface area contributed by atoms with Crippen molar-refractivity contribution in [3.05, 3.63) is 72.9 Å². The Morgan fingerprint density at radius 3 is 1.01 bits per heavy atom. The van der Waals surface area contributed by atoms with Crippen molar-refractivity contribution in [2.24, 2.45) is 0 Å². The Kier molecular flexibility index (Phi) is 61.5. The number of aliphatic hydroxyl groups is 1. The van der Waals surface area contributed by atoms with E-state index in [9.17, 15) is 28.9 Å². The Bertz CT molecular complexity index is 1650. The second-order valence-electron chi connectivity index (χ2n) is 22.6. The molecule has 0 bridgehead atoms. The molecule has 0 radical (unpaired) electrons. The van der Waals surface area contributed by atoms with Gasteiger partial charge in [-0.3, -0.25) is 23.4 Å². The summed E-state index contributed by atoms with van der Waals surface area (Å²) in [7, 11) is -4.76. The lowest BCUT2D eigenvalue weighted by atomic mass is 10.1. The molecule has 0 aliphatic heterocycles. The first-order valence-electron chi connectivity index (χ1n) is 33.8. The molecule has 0 spiro atoms. The number of hydrogen-bond donors (Lipinski definition) is 2. The molecular formula is C70H125O11P. The van der Waals surface area contributed by atoms with Gasteiger partial charge in [-0.2, -0.15) is 0 Å². The number of hydrogen-bond acceptors (Lipinski definition) is 10. The first-order valence-corrected chi connectivity index (χ1v) is 35.3. The summed E-state index contributed by atoms with van der Waals surface area (Å²) in [6.07, 6.45) is 74.2. The van der Waals surface area contributed by atoms with Gasteiger partial charge in [-0.05, 0) is 109 Å². The van der Waals surface area contributed by atoms with Crippen LogP contribution in [0.3, 0.4) is 0 Å². The fraction of sp³-hybridized carbons (Fsp3) is 0.786. The Balaban J connectivity index is 4.69. The van der Waals surface area contributed by atoms with Crippen LogP contribution >= 0.6 is 7.82 Å². The van der Waals surface area contributed by atoms with E-state index in [0.29, 0.717) is 19.3 Å². The molecule has 3 unspecified atom stereocenters. The van der Waals surface area contributed by atoms with Crippen molar-refractivity contribution < 1.29 is 52.2 Å². The van der Waals surface area contributed by atoms with Gasteiger partial charge in [-0.15, -0.1) is 0 Å². The minimum absolute atomic E-state index is 0.162. The number of allylic oxidation sites excluding steroid dienone is 12. The van der Waals surface area contributed by atoms with Gasteiger partial charge >= 0.3 is 25.7 Å². The average Bonchev–Trinajstić information content (AvgIpc) is 3.49. The Morgan fingerprint density at radius 1 is 0.354 bits per heavy atom. The summed E-state index contributed by atoms with van der Waals surface area (Å²) in [4.78, 5) is 48.9. The van der Waals surface area contributed by atoms with Gasteiger partial charge in [0.05, 0.1) is 19.8 Å². The molecule has 0 aliphatic carbocycles. The van der Waals surface area contributed by atoms with E-state index in [1.54, 1.807) is 0 Å². The summed E-state index contributed by atoms with van der Waals surface area (Å²) in [6.45, 7) is 4.55. The molecule has 0 aromatic heterocycles. The van der Waals surface area contributed by atoms with Crippen molar-refractivity contribution in [1.29, 1.82) is 0 Å². The molecule has 476 valence electrons. The highest BCUT2D eigenvalue weighted by molar-refractivity contribution is 7.47. The molecule has 3 atom stereocenters. The Hall–Kier alpha value is -3.08. The maximum Gasteiger partial charge on any atom is 0.472 e. The topological polar surface area (TPSA) is 155 Å². The summed E-state index contributed by atoms with van der Waals surface area (Å²) in [5, 5.41) is 9.87. The van der Waals surface area contributed by atoms with E-state index in [2.05, 4.69) is 93.7 Å². The summed E-state index contributed by atoms with van der Waals surface area (Å²) in [5.74, 6) is -1.47. The number of aliphatic hydroxyl groups excluding tert-OH is 1. The van der Waals surface area contributed by atoms with Crippen LogP contribution < -0.4 is 0 Å². The quantitative estimate of drug-likeness (QED) is 0.0197. The van der Waals surface area contributed by atoms with Crippen molar-refractivity contribution in [2.75, 3.05) is 26.4 Å². The lowest BCUT2D eigenvalue weighted by Gasteiger charge is -2.21. The smallest absolute Gasteiger partial charge is 0.462 e. The molecule has 0 fully saturated rings. The van der Waals surface area contributed by atoms with Crippen LogP contribution in [0.5, 0.6) is 0 Å². The number of esters is 3. The second-order valence-corrected chi connectivity index (χ2v) is 24.1. The zero-order valence-corrected chi connectivity index (χ0v) is 53.8. The van der Waals surface area contributed by atoms with Crippen molar-refractivity contribution >= 4 is 25.7 Å². The number of rotatable bonds is 63. The van der Waals surface area contributed by atoms with E-state index in [1.807, 2.05) is 0 Å². The van der Waals surface area contributed by atoms with Gasteiger partial charge in [-0.1, -0.05) is 261 Å². The van der Waals surface area contributed by atoms with Crippen LogP contribution in [0.1, 0.15) is 316 Å². The van der Waals surface area contributed by atoms with Crippen molar-refractivity contribution in [2.45, 2.75) is 328 Å². The Labute approximate surface area is 503 Å². The number of unbranched alkanes of at least 4 members (excludes halogenated alkanes) is 34. The highest BCUT2D eigenvalue weighted by Crippen LogP contribution is 2.43. The largest absolute Gasteiger partial charge is 0.472 e. The van der Waals surface area contributed by atoms with Gasteiger partial charge in [0.15, 0.2) is 6.10 Å². The Morgan fingerprint density at radius 2 is 0.634 bits per heavy atom. The number of carbonyl (C=O) groups is 3. The predicted octanol–water partition coefficient (Wildman–Crippen LogP) is 20.8. The van der Waals surface area contributed by atoms with Gasteiger partial charge in [0, 0.05) is 19.3 Å². The molecule has 0 aromatic carbocycles. The number of carbonyl (C=O) groups excluding carboxylic acids is 3. The van der Waals surface area contributed by atoms with E-state index in [1.165, 1.54) is 154 Å². The van der Waals surface area contributed by atoms with Crippen molar-refractivity contribution in [1.82, 2.24) is 0 Å². The summed E-state index contributed by atoms with van der Waals surface area (Å²) < 4.78 is 39.8. The molecule has 82 heavy (non-hydrogen) atoms. The molecular weight excluding hydrogens is 1050 g/mol. The van der Waals surface area contributed by atoms with Crippen LogP contribution in [0, 0.1) is 0 Å². The molecule has 11 nitrogen and oxygen atoms in total. The molecule has 0 aliphatic rings. The number of phosphoric acid groups is 1. The highest BCUT2D eigenvalue weighted by Gasteiger charge is 2.28. The van der Waals surface area contributed by atoms with E-state index in [0.717, 1.165) is 103 Å². The third-order valence-electron chi connectivity index (χ3n) is 14.6. The average molecular weight is 1170 g/mol. The lowest BCUT2D eigenvalue weighted by Crippen LogP contribution is -2.30. The minimum Gasteiger partial charge on any atom is -0.462 e. The molecule has 0 amide bonds. The number of ether oxygens (including phenoxy) is 3. The van der Waals surface area contributed by atoms with Crippen LogP contribution in [0.4, 0.5) is 0 Å². The standard InChI is InChI=1S/C70H125O11P/c1-4-7-10-13-16-19-22-25-28-31-33-36-38-41-44-47-50-53-56-59-68(72)77-63-67(81-70(74)61-58-55-52-49-46-43-40-37-34-32-29-26-23-20-17-14-11-8-5-2)65-79-82(75,76)78-64-66(62-71)80-69(73)60-57-54-51-48-45-42-39-35-30-27-24-21-18-15-12-9-6-3/h9,12,17-18,20-21,25-30,66-67,71H,4-8,10-11,13-16,19,22-24,31-65H2,1-3H3,(H,75,76)/b12-9-,20-17-,21-18-,28-25-,29-26-,30-27-. The molecule has 0 saturated heterocycles. The van der Waals surface area contributed by atoms with E-state index >= 15 is 0 Å². The summed E-state index contributed by atoms with van der Waals surface area (Å²) in [5.41, 5.74) is 0. The fourth-order valence-electron chi connectivity index (χ4n) is 9.46. The van der Waals surface area contributed by atoms with Gasteiger partial charge in [0.25, 0.3) is 0 Å². The normalized spacial score (nSPS) is 13.7. The predicted molar refractivity (Wildman–Crippen MR) is 344 cm³/mol. The zero-order chi connectivity index (χ0) is 59.8. The lowest BCUT2D eigenvalue weighted by molar-refractivity contribution is -0.161. The SMILES string of the molecule is CC/C=C\C/C=C\C/C=C\CCCCCCCCCC(=O)OC(CO)COP(=O)(O)OCC(COC(=O)CCCCCCCCCCC/C=C\CCCCCCCC)OC(=O)CCCCCCCCCCC/C=C\C/C=C\CCCCC. The third kappa shape index (κ3) is 61.5. The molecule has 12 heteroatoms. The van der Waals surface area contributed by atoms with Gasteiger partial charge in [0.1, 0.15) is 12.7 Å².